The molecule has 0 saturated carbocycles. The van der Waals surface area contributed by atoms with Crippen molar-refractivity contribution in [1.82, 2.24) is 4.90 Å². The fourth-order valence-corrected chi connectivity index (χ4v) is 2.93. The van der Waals surface area contributed by atoms with Gasteiger partial charge in [-0.3, -0.25) is 4.79 Å². The van der Waals surface area contributed by atoms with Crippen LogP contribution in [-0.2, 0) is 11.4 Å². The molecule has 6 nitrogen and oxygen atoms in total. The Bertz CT molecular complexity index is 740. The van der Waals surface area contributed by atoms with Crippen molar-refractivity contribution >= 4 is 27.8 Å². The molecule has 1 atom stereocenters. The third-order valence-electron chi connectivity index (χ3n) is 3.87. The van der Waals surface area contributed by atoms with Gasteiger partial charge in [0.25, 0.3) is 5.91 Å². The SMILES string of the molecule is O=C(O)[C@@H]1CCCN1C(=O)c1ccc(COc2ccc(Br)cc2)o1. The van der Waals surface area contributed by atoms with Crippen LogP contribution in [0.4, 0.5) is 0 Å². The molecule has 1 N–H and O–H groups in total. The molecular weight excluding hydrogens is 378 g/mol. The second-order valence-electron chi connectivity index (χ2n) is 5.50. The van der Waals surface area contributed by atoms with E-state index in [1.807, 2.05) is 24.3 Å². The lowest BCUT2D eigenvalue weighted by molar-refractivity contribution is -0.141. The molecule has 1 aromatic carbocycles. The van der Waals surface area contributed by atoms with Gasteiger partial charge in [0.15, 0.2) is 5.76 Å². The number of hydrogen-bond donors (Lipinski definition) is 1. The highest BCUT2D eigenvalue weighted by molar-refractivity contribution is 9.10. The molecule has 2 aromatic rings. The van der Waals surface area contributed by atoms with E-state index < -0.39 is 17.9 Å². The van der Waals surface area contributed by atoms with Crippen LogP contribution in [0.15, 0.2) is 45.3 Å². The molecule has 0 spiro atoms. The van der Waals surface area contributed by atoms with Gasteiger partial charge in [0.2, 0.25) is 0 Å². The lowest BCUT2D eigenvalue weighted by atomic mass is 10.2. The summed E-state index contributed by atoms with van der Waals surface area (Å²) in [7, 11) is 0. The van der Waals surface area contributed by atoms with Crippen molar-refractivity contribution in [3.05, 3.63) is 52.4 Å². The molecule has 126 valence electrons. The van der Waals surface area contributed by atoms with E-state index >= 15 is 0 Å². The van der Waals surface area contributed by atoms with Gasteiger partial charge in [-0.15, -0.1) is 0 Å². The summed E-state index contributed by atoms with van der Waals surface area (Å²) in [5.74, 6) is -0.0427. The first-order chi connectivity index (χ1) is 11.5. The summed E-state index contributed by atoms with van der Waals surface area (Å²) in [6, 6.07) is 9.82. The fraction of sp³-hybridized carbons (Fsp3) is 0.294. The number of benzene rings is 1. The van der Waals surface area contributed by atoms with E-state index in [0.717, 1.165) is 4.47 Å². The van der Waals surface area contributed by atoms with E-state index in [-0.39, 0.29) is 12.4 Å². The van der Waals surface area contributed by atoms with Crippen molar-refractivity contribution < 1.29 is 23.8 Å². The van der Waals surface area contributed by atoms with Crippen molar-refractivity contribution in [2.75, 3.05) is 6.54 Å². The number of halogens is 1. The molecule has 3 rings (SSSR count). The Balaban J connectivity index is 1.63. The molecule has 0 aliphatic carbocycles. The molecule has 0 bridgehead atoms. The Morgan fingerprint density at radius 2 is 2.00 bits per heavy atom. The van der Waals surface area contributed by atoms with E-state index in [9.17, 15) is 9.59 Å². The number of rotatable bonds is 5. The fourth-order valence-electron chi connectivity index (χ4n) is 2.66. The Morgan fingerprint density at radius 1 is 1.25 bits per heavy atom. The summed E-state index contributed by atoms with van der Waals surface area (Å²) in [5.41, 5.74) is 0. The minimum Gasteiger partial charge on any atom is -0.486 e. The number of amides is 1. The first-order valence-electron chi connectivity index (χ1n) is 7.55. The summed E-state index contributed by atoms with van der Waals surface area (Å²) < 4.78 is 12.1. The van der Waals surface area contributed by atoms with Crippen LogP contribution in [-0.4, -0.2) is 34.5 Å². The number of ether oxygens (including phenoxy) is 1. The number of hydrogen-bond acceptors (Lipinski definition) is 4. The number of carboxylic acids is 1. The zero-order valence-corrected chi connectivity index (χ0v) is 14.4. The number of carbonyl (C=O) groups is 2. The number of nitrogens with zero attached hydrogens (tertiary/aromatic N) is 1. The standard InChI is InChI=1S/C17H16BrNO5/c18-11-3-5-12(6-4-11)23-10-13-7-8-15(24-13)16(20)19-9-1-2-14(19)17(21)22/h3-8,14H,1-2,9-10H2,(H,21,22)/t14-/m0/s1. The second-order valence-corrected chi connectivity index (χ2v) is 6.42. The van der Waals surface area contributed by atoms with Gasteiger partial charge in [-0.2, -0.15) is 0 Å². The predicted molar refractivity (Wildman–Crippen MR) is 88.9 cm³/mol. The van der Waals surface area contributed by atoms with Gasteiger partial charge in [0, 0.05) is 11.0 Å². The van der Waals surface area contributed by atoms with Gasteiger partial charge in [0.1, 0.15) is 24.2 Å². The lowest BCUT2D eigenvalue weighted by Gasteiger charge is -2.19. The van der Waals surface area contributed by atoms with Gasteiger partial charge < -0.3 is 19.2 Å². The van der Waals surface area contributed by atoms with Gasteiger partial charge in [0.05, 0.1) is 0 Å². The number of aliphatic carboxylic acids is 1. The normalized spacial score (nSPS) is 17.0. The quantitative estimate of drug-likeness (QED) is 0.842. The Kier molecular flexibility index (Phi) is 4.89. The van der Waals surface area contributed by atoms with Crippen LogP contribution in [0.2, 0.25) is 0 Å². The first-order valence-corrected chi connectivity index (χ1v) is 8.35. The molecule has 1 aliphatic heterocycles. The summed E-state index contributed by atoms with van der Waals surface area (Å²) in [5, 5.41) is 9.17. The molecular formula is C17H16BrNO5. The van der Waals surface area contributed by atoms with Gasteiger partial charge in [-0.1, -0.05) is 15.9 Å². The number of carbonyl (C=O) groups excluding carboxylic acids is 1. The lowest BCUT2D eigenvalue weighted by Crippen LogP contribution is -2.40. The number of furan rings is 1. The molecule has 1 saturated heterocycles. The zero-order chi connectivity index (χ0) is 17.1. The Labute approximate surface area is 147 Å². The maximum Gasteiger partial charge on any atom is 0.326 e. The van der Waals surface area contributed by atoms with E-state index in [4.69, 9.17) is 14.3 Å². The second kappa shape index (κ2) is 7.09. The summed E-state index contributed by atoms with van der Waals surface area (Å²) >= 11 is 3.35. The van der Waals surface area contributed by atoms with Crippen molar-refractivity contribution in [2.45, 2.75) is 25.5 Å². The van der Waals surface area contributed by atoms with Gasteiger partial charge >= 0.3 is 5.97 Å². The number of likely N-dealkylation sites (tertiary alicyclic amines) is 1. The predicted octanol–water partition coefficient (Wildman–Crippen LogP) is 3.31. The average Bonchev–Trinajstić information content (AvgIpc) is 3.23. The largest absolute Gasteiger partial charge is 0.486 e. The highest BCUT2D eigenvalue weighted by Gasteiger charge is 2.35. The monoisotopic (exact) mass is 393 g/mol. The van der Waals surface area contributed by atoms with Crippen LogP contribution in [0, 0.1) is 0 Å². The van der Waals surface area contributed by atoms with E-state index in [1.165, 1.54) is 4.90 Å². The highest BCUT2D eigenvalue weighted by Crippen LogP contribution is 2.22. The van der Waals surface area contributed by atoms with Crippen molar-refractivity contribution in [2.24, 2.45) is 0 Å². The molecule has 0 radical (unpaired) electrons. The molecule has 1 fully saturated rings. The van der Waals surface area contributed by atoms with Crippen LogP contribution in [0.5, 0.6) is 5.75 Å². The third-order valence-corrected chi connectivity index (χ3v) is 4.39. The van der Waals surface area contributed by atoms with Crippen LogP contribution in [0.1, 0.15) is 29.2 Å². The van der Waals surface area contributed by atoms with E-state index in [0.29, 0.717) is 30.9 Å². The van der Waals surface area contributed by atoms with Gasteiger partial charge in [-0.05, 0) is 49.2 Å². The topological polar surface area (TPSA) is 80.0 Å². The molecule has 1 amide bonds. The third kappa shape index (κ3) is 3.62. The zero-order valence-electron chi connectivity index (χ0n) is 12.8. The molecule has 1 aliphatic rings. The van der Waals surface area contributed by atoms with E-state index in [2.05, 4.69) is 15.9 Å². The maximum atomic E-state index is 12.4. The molecule has 2 heterocycles. The number of carboxylic acid groups (broad SMARTS) is 1. The molecule has 1 aromatic heterocycles. The van der Waals surface area contributed by atoms with Crippen LogP contribution in [0.3, 0.4) is 0 Å². The van der Waals surface area contributed by atoms with Gasteiger partial charge in [-0.25, -0.2) is 4.79 Å². The molecule has 0 unspecified atom stereocenters. The first kappa shape index (κ1) is 16.6. The Hall–Kier alpha value is -2.28. The van der Waals surface area contributed by atoms with Crippen molar-refractivity contribution in [3.8, 4) is 5.75 Å². The minimum atomic E-state index is -0.980. The highest BCUT2D eigenvalue weighted by atomic mass is 79.9. The maximum absolute atomic E-state index is 12.4. The van der Waals surface area contributed by atoms with Crippen molar-refractivity contribution in [3.63, 3.8) is 0 Å². The summed E-state index contributed by atoms with van der Waals surface area (Å²) in [6.45, 7) is 0.624. The molecule has 24 heavy (non-hydrogen) atoms. The summed E-state index contributed by atoms with van der Waals surface area (Å²) in [4.78, 5) is 24.9. The average molecular weight is 394 g/mol. The Morgan fingerprint density at radius 3 is 2.71 bits per heavy atom. The van der Waals surface area contributed by atoms with Crippen LogP contribution >= 0.6 is 15.9 Å². The van der Waals surface area contributed by atoms with Crippen LogP contribution < -0.4 is 4.74 Å². The van der Waals surface area contributed by atoms with Crippen molar-refractivity contribution in [1.29, 1.82) is 0 Å². The van der Waals surface area contributed by atoms with Crippen LogP contribution in [0.25, 0.3) is 0 Å². The molecule has 7 heteroatoms. The smallest absolute Gasteiger partial charge is 0.326 e. The minimum absolute atomic E-state index is 0.137. The van der Waals surface area contributed by atoms with E-state index in [1.54, 1.807) is 12.1 Å². The summed E-state index contributed by atoms with van der Waals surface area (Å²) in [6.07, 6.45) is 1.16.